The SMILES string of the molecule is O=CC=Cc1ccc2[nH]cc(C=O)c2c1. The second-order valence-corrected chi connectivity index (χ2v) is 3.16. The van der Waals surface area contributed by atoms with E-state index in [2.05, 4.69) is 4.98 Å². The van der Waals surface area contributed by atoms with Gasteiger partial charge in [-0.15, -0.1) is 0 Å². The molecule has 15 heavy (non-hydrogen) atoms. The van der Waals surface area contributed by atoms with Crippen molar-refractivity contribution in [3.63, 3.8) is 0 Å². The Kier molecular flexibility index (Phi) is 2.46. The highest BCUT2D eigenvalue weighted by Gasteiger charge is 2.01. The van der Waals surface area contributed by atoms with E-state index in [-0.39, 0.29) is 0 Å². The lowest BCUT2D eigenvalue weighted by atomic mass is 10.1. The van der Waals surface area contributed by atoms with E-state index < -0.39 is 0 Å². The Morgan fingerprint density at radius 3 is 2.80 bits per heavy atom. The first-order chi connectivity index (χ1) is 7.35. The molecule has 1 aromatic heterocycles. The quantitative estimate of drug-likeness (QED) is 0.608. The summed E-state index contributed by atoms with van der Waals surface area (Å²) in [6, 6.07) is 5.63. The van der Waals surface area contributed by atoms with Crippen LogP contribution >= 0.6 is 0 Å². The van der Waals surface area contributed by atoms with Crippen LogP contribution in [0.25, 0.3) is 17.0 Å². The van der Waals surface area contributed by atoms with Crippen molar-refractivity contribution in [3.05, 3.63) is 41.6 Å². The van der Waals surface area contributed by atoms with E-state index in [1.807, 2.05) is 18.2 Å². The average Bonchev–Trinajstić information content (AvgIpc) is 2.68. The molecule has 1 heterocycles. The number of nitrogens with one attached hydrogen (secondary N) is 1. The topological polar surface area (TPSA) is 49.9 Å². The molecule has 0 aliphatic rings. The Balaban J connectivity index is 2.57. The third-order valence-corrected chi connectivity index (χ3v) is 2.23. The molecular weight excluding hydrogens is 190 g/mol. The molecule has 2 rings (SSSR count). The number of allylic oxidation sites excluding steroid dienone is 1. The number of fused-ring (bicyclic) bond motifs is 1. The van der Waals surface area contributed by atoms with Gasteiger partial charge in [-0.05, 0) is 23.8 Å². The van der Waals surface area contributed by atoms with Crippen molar-refractivity contribution in [2.75, 3.05) is 0 Å². The fourth-order valence-corrected chi connectivity index (χ4v) is 1.51. The maximum absolute atomic E-state index is 10.7. The van der Waals surface area contributed by atoms with Gasteiger partial charge in [0.15, 0.2) is 6.29 Å². The summed E-state index contributed by atoms with van der Waals surface area (Å²) >= 11 is 0. The zero-order chi connectivity index (χ0) is 10.7. The van der Waals surface area contributed by atoms with Crippen LogP contribution in [0, 0.1) is 0 Å². The number of carbonyl (C=O) groups excluding carboxylic acids is 2. The molecule has 0 saturated heterocycles. The number of aromatic nitrogens is 1. The van der Waals surface area contributed by atoms with Crippen LogP contribution in [0.3, 0.4) is 0 Å². The Morgan fingerprint density at radius 2 is 2.07 bits per heavy atom. The van der Waals surface area contributed by atoms with Crippen LogP contribution in [0.5, 0.6) is 0 Å². The molecule has 3 nitrogen and oxygen atoms in total. The maximum Gasteiger partial charge on any atom is 0.152 e. The highest BCUT2D eigenvalue weighted by atomic mass is 16.1. The van der Waals surface area contributed by atoms with Gasteiger partial charge in [0.05, 0.1) is 0 Å². The molecule has 2 aromatic rings. The van der Waals surface area contributed by atoms with Gasteiger partial charge in [0, 0.05) is 22.7 Å². The molecule has 0 saturated carbocycles. The Bertz CT molecular complexity index is 538. The number of hydrogen-bond acceptors (Lipinski definition) is 2. The minimum absolute atomic E-state index is 0.631. The van der Waals surface area contributed by atoms with Crippen LogP contribution in [-0.2, 0) is 4.79 Å². The minimum Gasteiger partial charge on any atom is -0.360 e. The average molecular weight is 199 g/mol. The van der Waals surface area contributed by atoms with Crippen LogP contribution in [0.4, 0.5) is 0 Å². The predicted molar refractivity (Wildman–Crippen MR) is 58.8 cm³/mol. The van der Waals surface area contributed by atoms with Crippen LogP contribution < -0.4 is 0 Å². The molecule has 0 spiro atoms. The minimum atomic E-state index is 0.631. The second kappa shape index (κ2) is 3.92. The van der Waals surface area contributed by atoms with Crippen molar-refractivity contribution in [2.45, 2.75) is 0 Å². The molecule has 0 fully saturated rings. The first-order valence-electron chi connectivity index (χ1n) is 4.53. The third-order valence-electron chi connectivity index (χ3n) is 2.23. The smallest absolute Gasteiger partial charge is 0.152 e. The van der Waals surface area contributed by atoms with Gasteiger partial charge in [-0.1, -0.05) is 12.1 Å². The zero-order valence-corrected chi connectivity index (χ0v) is 7.94. The normalized spacial score (nSPS) is 10.9. The Labute approximate surface area is 86.4 Å². The molecule has 3 heteroatoms. The van der Waals surface area contributed by atoms with Crippen molar-refractivity contribution in [1.29, 1.82) is 0 Å². The lowest BCUT2D eigenvalue weighted by Crippen LogP contribution is -1.77. The van der Waals surface area contributed by atoms with Gasteiger partial charge < -0.3 is 4.98 Å². The number of benzene rings is 1. The molecule has 74 valence electrons. The third kappa shape index (κ3) is 1.72. The summed E-state index contributed by atoms with van der Waals surface area (Å²) in [7, 11) is 0. The van der Waals surface area contributed by atoms with Gasteiger partial charge in [-0.2, -0.15) is 0 Å². The molecule has 0 amide bonds. The number of rotatable bonds is 3. The molecule has 0 radical (unpaired) electrons. The Morgan fingerprint density at radius 1 is 1.20 bits per heavy atom. The zero-order valence-electron chi connectivity index (χ0n) is 7.94. The molecule has 1 aromatic carbocycles. The van der Waals surface area contributed by atoms with E-state index in [4.69, 9.17) is 0 Å². The van der Waals surface area contributed by atoms with E-state index in [9.17, 15) is 9.59 Å². The lowest BCUT2D eigenvalue weighted by molar-refractivity contribution is -0.104. The van der Waals surface area contributed by atoms with Gasteiger partial charge in [-0.25, -0.2) is 0 Å². The van der Waals surface area contributed by atoms with Crippen molar-refractivity contribution < 1.29 is 9.59 Å². The van der Waals surface area contributed by atoms with Crippen LogP contribution in [0.1, 0.15) is 15.9 Å². The summed E-state index contributed by atoms with van der Waals surface area (Å²) in [5, 5.41) is 0.873. The summed E-state index contributed by atoms with van der Waals surface area (Å²) in [5.41, 5.74) is 2.45. The molecule has 0 atom stereocenters. The van der Waals surface area contributed by atoms with Crippen molar-refractivity contribution >= 4 is 29.6 Å². The van der Waals surface area contributed by atoms with Gasteiger partial charge in [0.2, 0.25) is 0 Å². The van der Waals surface area contributed by atoms with Crippen LogP contribution in [0.15, 0.2) is 30.5 Å². The molecule has 0 aliphatic heterocycles. The van der Waals surface area contributed by atoms with E-state index in [1.54, 1.807) is 12.3 Å². The predicted octanol–water partition coefficient (Wildman–Crippen LogP) is 2.19. The van der Waals surface area contributed by atoms with Gasteiger partial charge in [-0.3, -0.25) is 9.59 Å². The summed E-state index contributed by atoms with van der Waals surface area (Å²) in [4.78, 5) is 23.9. The molecule has 0 bridgehead atoms. The van der Waals surface area contributed by atoms with Gasteiger partial charge in [0.25, 0.3) is 0 Å². The first-order valence-corrected chi connectivity index (χ1v) is 4.53. The van der Waals surface area contributed by atoms with Crippen molar-refractivity contribution in [1.82, 2.24) is 4.98 Å². The summed E-state index contributed by atoms with van der Waals surface area (Å²) in [6.07, 6.45) is 6.33. The first kappa shape index (κ1) is 9.40. The monoisotopic (exact) mass is 199 g/mol. The fourth-order valence-electron chi connectivity index (χ4n) is 1.51. The lowest BCUT2D eigenvalue weighted by Gasteiger charge is -1.94. The van der Waals surface area contributed by atoms with Crippen LogP contribution in [0.2, 0.25) is 0 Å². The van der Waals surface area contributed by atoms with E-state index in [0.29, 0.717) is 5.56 Å². The van der Waals surface area contributed by atoms with E-state index in [1.165, 1.54) is 6.08 Å². The highest BCUT2D eigenvalue weighted by Crippen LogP contribution is 2.19. The summed E-state index contributed by atoms with van der Waals surface area (Å²) in [5.74, 6) is 0. The number of H-pyrrole nitrogens is 1. The van der Waals surface area contributed by atoms with Crippen LogP contribution in [-0.4, -0.2) is 17.6 Å². The number of aldehydes is 2. The number of carbonyl (C=O) groups is 2. The molecule has 0 aliphatic carbocycles. The molecule has 1 N–H and O–H groups in total. The summed E-state index contributed by atoms with van der Waals surface area (Å²) < 4.78 is 0. The maximum atomic E-state index is 10.7. The standard InChI is InChI=1S/C12H9NO2/c14-5-1-2-9-3-4-12-11(6-9)10(8-15)7-13-12/h1-8,13H. The largest absolute Gasteiger partial charge is 0.360 e. The van der Waals surface area contributed by atoms with E-state index in [0.717, 1.165) is 29.0 Å². The number of aromatic amines is 1. The Hall–Kier alpha value is -2.16. The van der Waals surface area contributed by atoms with Gasteiger partial charge >= 0.3 is 0 Å². The van der Waals surface area contributed by atoms with E-state index >= 15 is 0 Å². The summed E-state index contributed by atoms with van der Waals surface area (Å²) in [6.45, 7) is 0. The van der Waals surface area contributed by atoms with Crippen molar-refractivity contribution in [3.8, 4) is 0 Å². The van der Waals surface area contributed by atoms with Crippen molar-refractivity contribution in [2.24, 2.45) is 0 Å². The number of hydrogen-bond donors (Lipinski definition) is 1. The highest BCUT2D eigenvalue weighted by molar-refractivity contribution is 5.98. The van der Waals surface area contributed by atoms with Gasteiger partial charge in [0.1, 0.15) is 6.29 Å². The fraction of sp³-hybridized carbons (Fsp3) is 0. The molecular formula is C12H9NO2. The second-order valence-electron chi connectivity index (χ2n) is 3.16. The molecule has 0 unspecified atom stereocenters.